The number of hydrogen-bond donors (Lipinski definition) is 2. The molecule has 6 atom stereocenters. The van der Waals surface area contributed by atoms with E-state index in [4.69, 9.17) is 4.74 Å². The summed E-state index contributed by atoms with van der Waals surface area (Å²) in [6, 6.07) is 0. The van der Waals surface area contributed by atoms with Crippen LogP contribution in [0.1, 0.15) is 59.3 Å². The van der Waals surface area contributed by atoms with Gasteiger partial charge in [-0.05, 0) is 65.2 Å². The largest absolute Gasteiger partial charge is 0.390 e. The molecule has 1 aliphatic heterocycles. The van der Waals surface area contributed by atoms with Crippen LogP contribution in [0.15, 0.2) is 12.2 Å². The van der Waals surface area contributed by atoms with Crippen molar-refractivity contribution in [2.45, 2.75) is 82.2 Å². The van der Waals surface area contributed by atoms with E-state index in [-0.39, 0.29) is 17.4 Å². The van der Waals surface area contributed by atoms with Crippen LogP contribution in [0.4, 0.5) is 0 Å². The van der Waals surface area contributed by atoms with Crippen molar-refractivity contribution in [1.82, 2.24) is 0 Å². The number of allylic oxidation sites excluding steroid dienone is 1. The Balaban J connectivity index is 1.84. The molecule has 114 valence electrons. The predicted molar refractivity (Wildman–Crippen MR) is 78.3 cm³/mol. The molecule has 0 aromatic carbocycles. The summed E-state index contributed by atoms with van der Waals surface area (Å²) < 4.78 is 5.83. The normalized spacial score (nSPS) is 55.8. The lowest BCUT2D eigenvalue weighted by Gasteiger charge is -2.36. The quantitative estimate of drug-likeness (QED) is 0.530. The van der Waals surface area contributed by atoms with E-state index in [1.54, 1.807) is 0 Å². The van der Waals surface area contributed by atoms with Crippen LogP contribution in [0.2, 0.25) is 0 Å². The molecule has 2 N–H and O–H groups in total. The summed E-state index contributed by atoms with van der Waals surface area (Å²) in [5, 5.41) is 21.5. The molecule has 2 fully saturated rings. The van der Waals surface area contributed by atoms with Gasteiger partial charge < -0.3 is 14.9 Å². The third kappa shape index (κ3) is 2.44. The Morgan fingerprint density at radius 3 is 2.45 bits per heavy atom. The Bertz CT molecular complexity index is 412. The van der Waals surface area contributed by atoms with Crippen molar-refractivity contribution in [3.63, 3.8) is 0 Å². The fourth-order valence-corrected chi connectivity index (χ4v) is 4.36. The number of aliphatic hydroxyl groups is 2. The highest BCUT2D eigenvalue weighted by molar-refractivity contribution is 5.11. The summed E-state index contributed by atoms with van der Waals surface area (Å²) in [6.07, 6.45) is 10.0. The lowest BCUT2D eigenvalue weighted by atomic mass is 9.75. The molecule has 3 rings (SSSR count). The van der Waals surface area contributed by atoms with E-state index < -0.39 is 11.2 Å². The smallest absolute Gasteiger partial charge is 0.0923 e. The molecule has 3 aliphatic rings. The Morgan fingerprint density at radius 1 is 1.00 bits per heavy atom. The molecular formula is C17H28O3. The number of epoxide rings is 1. The first-order valence-electron chi connectivity index (χ1n) is 8.04. The minimum atomic E-state index is -0.716. The molecule has 0 aromatic rings. The molecule has 2 aliphatic carbocycles. The van der Waals surface area contributed by atoms with Crippen molar-refractivity contribution < 1.29 is 14.9 Å². The van der Waals surface area contributed by atoms with Crippen LogP contribution in [0.3, 0.4) is 0 Å². The van der Waals surface area contributed by atoms with Crippen LogP contribution in [-0.4, -0.2) is 33.1 Å². The molecule has 0 amide bonds. The van der Waals surface area contributed by atoms with Gasteiger partial charge in [0.15, 0.2) is 0 Å². The molecule has 1 heterocycles. The zero-order valence-corrected chi connectivity index (χ0v) is 12.9. The molecule has 0 bridgehead atoms. The Hall–Kier alpha value is -0.380. The maximum absolute atomic E-state index is 10.9. The molecule has 1 saturated heterocycles. The first-order valence-corrected chi connectivity index (χ1v) is 8.04. The number of hydrogen-bond acceptors (Lipinski definition) is 3. The van der Waals surface area contributed by atoms with Gasteiger partial charge in [-0.25, -0.2) is 0 Å². The Labute approximate surface area is 122 Å². The fraction of sp³-hybridized carbons (Fsp3) is 0.882. The van der Waals surface area contributed by atoms with Gasteiger partial charge in [0.05, 0.1) is 22.9 Å². The van der Waals surface area contributed by atoms with Gasteiger partial charge in [-0.15, -0.1) is 0 Å². The number of ether oxygens (including phenoxy) is 1. The van der Waals surface area contributed by atoms with Crippen LogP contribution in [-0.2, 0) is 4.74 Å². The van der Waals surface area contributed by atoms with Crippen molar-refractivity contribution in [2.75, 3.05) is 0 Å². The molecular weight excluding hydrogens is 252 g/mol. The second-order valence-corrected chi connectivity index (χ2v) is 7.81. The third-order valence-electron chi connectivity index (χ3n) is 6.01. The molecule has 3 nitrogen and oxygen atoms in total. The van der Waals surface area contributed by atoms with E-state index in [1.807, 2.05) is 13.8 Å². The van der Waals surface area contributed by atoms with Gasteiger partial charge in [0.1, 0.15) is 0 Å². The van der Waals surface area contributed by atoms with Crippen LogP contribution in [0, 0.1) is 11.8 Å². The summed E-state index contributed by atoms with van der Waals surface area (Å²) in [5.41, 5.74) is -1.38. The topological polar surface area (TPSA) is 53.0 Å². The summed E-state index contributed by atoms with van der Waals surface area (Å²) in [5.74, 6) is 0.220. The van der Waals surface area contributed by atoms with Crippen LogP contribution >= 0.6 is 0 Å². The van der Waals surface area contributed by atoms with Crippen LogP contribution < -0.4 is 0 Å². The van der Waals surface area contributed by atoms with Crippen LogP contribution in [0.5, 0.6) is 0 Å². The minimum absolute atomic E-state index is 0.0163. The SMILES string of the molecule is CC1(O)CCC2C1C=CCCC1(C)OC1CCC2(C)O. The summed E-state index contributed by atoms with van der Waals surface area (Å²) >= 11 is 0. The van der Waals surface area contributed by atoms with Gasteiger partial charge in [-0.1, -0.05) is 12.2 Å². The predicted octanol–water partition coefficient (Wildman–Crippen LogP) is 2.80. The monoisotopic (exact) mass is 280 g/mol. The molecule has 20 heavy (non-hydrogen) atoms. The Kier molecular flexibility index (Phi) is 3.32. The van der Waals surface area contributed by atoms with Crippen molar-refractivity contribution in [3.8, 4) is 0 Å². The zero-order chi connectivity index (χ0) is 14.6. The maximum atomic E-state index is 10.9. The number of fused-ring (bicyclic) bond motifs is 2. The molecule has 6 unspecified atom stereocenters. The summed E-state index contributed by atoms with van der Waals surface area (Å²) in [7, 11) is 0. The maximum Gasteiger partial charge on any atom is 0.0923 e. The van der Waals surface area contributed by atoms with E-state index in [0.29, 0.717) is 6.10 Å². The third-order valence-corrected chi connectivity index (χ3v) is 6.01. The van der Waals surface area contributed by atoms with E-state index in [9.17, 15) is 10.2 Å². The van der Waals surface area contributed by atoms with Gasteiger partial charge in [-0.2, -0.15) is 0 Å². The van der Waals surface area contributed by atoms with Gasteiger partial charge in [0, 0.05) is 5.92 Å². The second kappa shape index (κ2) is 4.56. The van der Waals surface area contributed by atoms with Crippen molar-refractivity contribution in [1.29, 1.82) is 0 Å². The van der Waals surface area contributed by atoms with E-state index in [2.05, 4.69) is 19.1 Å². The molecule has 0 aromatic heterocycles. The van der Waals surface area contributed by atoms with Gasteiger partial charge in [-0.3, -0.25) is 0 Å². The van der Waals surface area contributed by atoms with Gasteiger partial charge >= 0.3 is 0 Å². The standard InChI is InChI=1S/C17H28O3/c1-15(18)10-7-13-12(15)6-4-5-9-17(3)14(20-17)8-11-16(13,2)19/h4,6,12-14,18-19H,5,7-11H2,1-3H3. The highest BCUT2D eigenvalue weighted by Crippen LogP contribution is 2.50. The van der Waals surface area contributed by atoms with Crippen molar-refractivity contribution in [2.24, 2.45) is 11.8 Å². The second-order valence-electron chi connectivity index (χ2n) is 7.81. The van der Waals surface area contributed by atoms with Crippen molar-refractivity contribution in [3.05, 3.63) is 12.2 Å². The molecule has 1 saturated carbocycles. The van der Waals surface area contributed by atoms with Crippen molar-refractivity contribution >= 4 is 0 Å². The highest BCUT2D eigenvalue weighted by Gasteiger charge is 2.54. The van der Waals surface area contributed by atoms with E-state index >= 15 is 0 Å². The van der Waals surface area contributed by atoms with Gasteiger partial charge in [0.25, 0.3) is 0 Å². The van der Waals surface area contributed by atoms with E-state index in [0.717, 1.165) is 38.5 Å². The summed E-state index contributed by atoms with van der Waals surface area (Å²) in [4.78, 5) is 0. The zero-order valence-electron chi connectivity index (χ0n) is 12.9. The van der Waals surface area contributed by atoms with E-state index in [1.165, 1.54) is 0 Å². The average Bonchev–Trinajstić information content (AvgIpc) is 2.88. The molecule has 0 radical (unpaired) electrons. The Morgan fingerprint density at radius 2 is 1.70 bits per heavy atom. The number of rotatable bonds is 0. The molecule has 3 heteroatoms. The average molecular weight is 280 g/mol. The lowest BCUT2D eigenvalue weighted by Crippen LogP contribution is -2.41. The van der Waals surface area contributed by atoms with Crippen LogP contribution in [0.25, 0.3) is 0 Å². The summed E-state index contributed by atoms with van der Waals surface area (Å²) in [6.45, 7) is 6.03. The minimum Gasteiger partial charge on any atom is -0.390 e. The molecule has 0 spiro atoms. The first-order chi connectivity index (χ1) is 9.25. The fourth-order valence-electron chi connectivity index (χ4n) is 4.36. The highest BCUT2D eigenvalue weighted by atomic mass is 16.6. The van der Waals surface area contributed by atoms with Gasteiger partial charge in [0.2, 0.25) is 0 Å². The first kappa shape index (κ1) is 14.6. The lowest BCUT2D eigenvalue weighted by molar-refractivity contribution is -0.0475.